The molecule has 23 heavy (non-hydrogen) atoms. The van der Waals surface area contributed by atoms with Gasteiger partial charge in [-0.2, -0.15) is 0 Å². The lowest BCUT2D eigenvalue weighted by Crippen LogP contribution is -1.97. The summed E-state index contributed by atoms with van der Waals surface area (Å²) in [6.07, 6.45) is 1.45. The Kier molecular flexibility index (Phi) is 4.14. The first kappa shape index (κ1) is 14.9. The number of anilines is 1. The molecule has 0 aliphatic carbocycles. The van der Waals surface area contributed by atoms with E-state index in [1.807, 2.05) is 25.1 Å². The summed E-state index contributed by atoms with van der Waals surface area (Å²) in [4.78, 5) is 8.48. The van der Waals surface area contributed by atoms with Crippen LogP contribution in [0.4, 0.5) is 5.69 Å². The lowest BCUT2D eigenvalue weighted by atomic mass is 10.2. The van der Waals surface area contributed by atoms with Gasteiger partial charge in [-0.05, 0) is 25.1 Å². The molecule has 0 aliphatic heterocycles. The monoisotopic (exact) mass is 311 g/mol. The number of hydrogen-bond acceptors (Lipinski definition) is 6. The molecule has 0 spiro atoms. The van der Waals surface area contributed by atoms with Crippen molar-refractivity contribution < 1.29 is 14.2 Å². The minimum atomic E-state index is 0.434. The molecule has 2 aromatic carbocycles. The van der Waals surface area contributed by atoms with Gasteiger partial charge in [0.05, 0.1) is 24.6 Å². The second-order valence-corrected chi connectivity index (χ2v) is 4.81. The van der Waals surface area contributed by atoms with E-state index in [0.29, 0.717) is 40.9 Å². The van der Waals surface area contributed by atoms with Crippen LogP contribution in [0.15, 0.2) is 42.7 Å². The van der Waals surface area contributed by atoms with Crippen LogP contribution in [-0.2, 0) is 0 Å². The van der Waals surface area contributed by atoms with Crippen molar-refractivity contribution in [3.05, 3.63) is 42.7 Å². The van der Waals surface area contributed by atoms with Crippen LogP contribution in [0, 0.1) is 0 Å². The summed E-state index contributed by atoms with van der Waals surface area (Å²) in [6, 6.07) is 10.8. The third kappa shape index (κ3) is 3.11. The molecule has 0 amide bonds. The average Bonchev–Trinajstić information content (AvgIpc) is 2.55. The largest absolute Gasteiger partial charge is 0.493 e. The minimum Gasteiger partial charge on any atom is -0.493 e. The van der Waals surface area contributed by atoms with E-state index in [2.05, 4.69) is 9.97 Å². The number of rotatable bonds is 5. The van der Waals surface area contributed by atoms with Crippen LogP contribution in [0.2, 0.25) is 0 Å². The summed E-state index contributed by atoms with van der Waals surface area (Å²) in [7, 11) is 1.59. The highest BCUT2D eigenvalue weighted by Crippen LogP contribution is 2.36. The van der Waals surface area contributed by atoms with Gasteiger partial charge in [0, 0.05) is 17.8 Å². The van der Waals surface area contributed by atoms with Gasteiger partial charge in [-0.25, -0.2) is 9.97 Å². The normalized spacial score (nSPS) is 10.5. The molecule has 3 rings (SSSR count). The van der Waals surface area contributed by atoms with Gasteiger partial charge in [0.1, 0.15) is 12.1 Å². The molecule has 2 N–H and O–H groups in total. The molecule has 118 valence electrons. The number of methoxy groups -OCH3 is 1. The maximum absolute atomic E-state index is 5.85. The molecule has 0 saturated carbocycles. The predicted octanol–water partition coefficient (Wildman–Crippen LogP) is 3.41. The van der Waals surface area contributed by atoms with Crippen LogP contribution < -0.4 is 19.9 Å². The molecule has 0 aliphatic rings. The number of nitrogens with two attached hydrogens (primary N) is 1. The quantitative estimate of drug-likeness (QED) is 0.727. The summed E-state index contributed by atoms with van der Waals surface area (Å²) >= 11 is 0. The predicted molar refractivity (Wildman–Crippen MR) is 88.2 cm³/mol. The fourth-order valence-corrected chi connectivity index (χ4v) is 2.24. The van der Waals surface area contributed by atoms with E-state index < -0.39 is 0 Å². The zero-order valence-electron chi connectivity index (χ0n) is 12.9. The Hall–Kier alpha value is -3.02. The summed E-state index contributed by atoms with van der Waals surface area (Å²) in [5.74, 6) is 2.28. The second-order valence-electron chi connectivity index (χ2n) is 4.81. The highest BCUT2D eigenvalue weighted by Gasteiger charge is 2.12. The molecule has 0 bridgehead atoms. The van der Waals surface area contributed by atoms with E-state index in [9.17, 15) is 0 Å². The van der Waals surface area contributed by atoms with Crippen molar-refractivity contribution in [2.45, 2.75) is 6.92 Å². The maximum atomic E-state index is 5.85. The summed E-state index contributed by atoms with van der Waals surface area (Å²) < 4.78 is 16.8. The molecular formula is C17H17N3O3. The van der Waals surface area contributed by atoms with Crippen molar-refractivity contribution in [3.63, 3.8) is 0 Å². The van der Waals surface area contributed by atoms with Gasteiger partial charge in [-0.1, -0.05) is 6.07 Å². The van der Waals surface area contributed by atoms with Crippen LogP contribution in [0.5, 0.6) is 23.1 Å². The third-order valence-corrected chi connectivity index (χ3v) is 3.26. The summed E-state index contributed by atoms with van der Waals surface area (Å²) in [5.41, 5.74) is 7.11. The zero-order chi connectivity index (χ0) is 16.2. The highest BCUT2D eigenvalue weighted by atomic mass is 16.5. The van der Waals surface area contributed by atoms with Gasteiger partial charge in [0.25, 0.3) is 0 Å². The SMILES string of the molecule is CCOc1cc2c(Oc3cccc(N)c3)ncnc2cc1OC. The Morgan fingerprint density at radius 1 is 1.09 bits per heavy atom. The number of hydrogen-bond donors (Lipinski definition) is 1. The van der Waals surface area contributed by atoms with E-state index in [0.717, 1.165) is 5.39 Å². The van der Waals surface area contributed by atoms with E-state index in [4.69, 9.17) is 19.9 Å². The van der Waals surface area contributed by atoms with Gasteiger partial charge in [-0.15, -0.1) is 0 Å². The molecule has 0 atom stereocenters. The molecular weight excluding hydrogens is 294 g/mol. The van der Waals surface area contributed by atoms with Crippen molar-refractivity contribution in [2.75, 3.05) is 19.5 Å². The van der Waals surface area contributed by atoms with Crippen LogP contribution in [0.3, 0.4) is 0 Å². The first-order chi connectivity index (χ1) is 11.2. The molecule has 0 fully saturated rings. The Morgan fingerprint density at radius 3 is 2.70 bits per heavy atom. The number of benzene rings is 2. The van der Waals surface area contributed by atoms with Crippen LogP contribution in [0.1, 0.15) is 6.92 Å². The average molecular weight is 311 g/mol. The summed E-state index contributed by atoms with van der Waals surface area (Å²) in [5, 5.41) is 0.735. The molecule has 0 radical (unpaired) electrons. The van der Waals surface area contributed by atoms with Crippen molar-refractivity contribution in [1.82, 2.24) is 9.97 Å². The van der Waals surface area contributed by atoms with Gasteiger partial charge in [0.2, 0.25) is 5.88 Å². The van der Waals surface area contributed by atoms with E-state index >= 15 is 0 Å². The lowest BCUT2D eigenvalue weighted by molar-refractivity contribution is 0.311. The molecule has 6 nitrogen and oxygen atoms in total. The van der Waals surface area contributed by atoms with Crippen molar-refractivity contribution in [2.24, 2.45) is 0 Å². The Bertz CT molecular complexity index is 836. The minimum absolute atomic E-state index is 0.434. The van der Waals surface area contributed by atoms with Gasteiger partial charge >= 0.3 is 0 Å². The number of aromatic nitrogens is 2. The van der Waals surface area contributed by atoms with Crippen LogP contribution in [-0.4, -0.2) is 23.7 Å². The Morgan fingerprint density at radius 2 is 1.96 bits per heavy atom. The first-order valence-electron chi connectivity index (χ1n) is 7.20. The molecule has 1 aromatic heterocycles. The lowest BCUT2D eigenvalue weighted by Gasteiger charge is -2.12. The third-order valence-electron chi connectivity index (χ3n) is 3.26. The molecule has 1 heterocycles. The molecule has 3 aromatic rings. The second kappa shape index (κ2) is 6.39. The Balaban J connectivity index is 2.08. The number of fused-ring (bicyclic) bond motifs is 1. The molecule has 6 heteroatoms. The Labute approximate surface area is 133 Å². The van der Waals surface area contributed by atoms with E-state index in [1.54, 1.807) is 25.3 Å². The topological polar surface area (TPSA) is 79.5 Å². The number of nitrogen functional groups attached to an aromatic ring is 1. The fraction of sp³-hybridized carbons (Fsp3) is 0.176. The van der Waals surface area contributed by atoms with E-state index in [1.165, 1.54) is 6.33 Å². The van der Waals surface area contributed by atoms with Crippen molar-refractivity contribution in [3.8, 4) is 23.1 Å². The highest BCUT2D eigenvalue weighted by molar-refractivity contribution is 5.87. The fourth-order valence-electron chi connectivity index (χ4n) is 2.24. The van der Waals surface area contributed by atoms with Crippen molar-refractivity contribution >= 4 is 16.6 Å². The van der Waals surface area contributed by atoms with E-state index in [-0.39, 0.29) is 0 Å². The van der Waals surface area contributed by atoms with Crippen LogP contribution in [0.25, 0.3) is 10.9 Å². The van der Waals surface area contributed by atoms with Gasteiger partial charge in [-0.3, -0.25) is 0 Å². The van der Waals surface area contributed by atoms with Crippen LogP contribution >= 0.6 is 0 Å². The number of ether oxygens (including phenoxy) is 3. The number of nitrogens with zero attached hydrogens (tertiary/aromatic N) is 2. The standard InChI is InChI=1S/C17H17N3O3/c1-3-22-16-8-13-14(9-15(16)21-2)19-10-20-17(13)23-12-6-4-5-11(18)7-12/h4-10H,3,18H2,1-2H3. The molecule has 0 saturated heterocycles. The smallest absolute Gasteiger partial charge is 0.230 e. The van der Waals surface area contributed by atoms with Crippen molar-refractivity contribution in [1.29, 1.82) is 0 Å². The molecule has 0 unspecified atom stereocenters. The first-order valence-corrected chi connectivity index (χ1v) is 7.20. The van der Waals surface area contributed by atoms with Gasteiger partial charge in [0.15, 0.2) is 11.5 Å². The maximum Gasteiger partial charge on any atom is 0.230 e. The zero-order valence-corrected chi connectivity index (χ0v) is 12.9. The van der Waals surface area contributed by atoms with Gasteiger partial charge < -0.3 is 19.9 Å². The summed E-state index contributed by atoms with van der Waals surface area (Å²) in [6.45, 7) is 2.44.